The van der Waals surface area contributed by atoms with Crippen LogP contribution in [0.3, 0.4) is 0 Å². The number of rotatable bonds is 8. The molecule has 38 heavy (non-hydrogen) atoms. The van der Waals surface area contributed by atoms with E-state index < -0.39 is 0 Å². The quantitative estimate of drug-likeness (QED) is 0.242. The van der Waals surface area contributed by atoms with Crippen molar-refractivity contribution >= 4 is 23.1 Å². The van der Waals surface area contributed by atoms with Crippen molar-refractivity contribution in [3.8, 4) is 11.5 Å². The van der Waals surface area contributed by atoms with Crippen molar-refractivity contribution in [2.45, 2.75) is 25.9 Å². The lowest BCUT2D eigenvalue weighted by molar-refractivity contribution is -0.938. The first kappa shape index (κ1) is 27.2. The van der Waals surface area contributed by atoms with Gasteiger partial charge in [-0.05, 0) is 24.3 Å². The molecule has 3 saturated heterocycles. The van der Waals surface area contributed by atoms with Gasteiger partial charge in [0.05, 0.1) is 33.0 Å². The van der Waals surface area contributed by atoms with Crippen molar-refractivity contribution in [1.29, 1.82) is 0 Å². The average molecular weight is 518 g/mol. The van der Waals surface area contributed by atoms with Gasteiger partial charge in [-0.15, -0.1) is 0 Å². The SMILES string of the molecule is CC(=O)OC1C[N+]2(CC(=O)c3ccccc3)CCC1CC2.COc1ccc(OC)c(Nc2ccccc2)c1. The molecule has 3 heterocycles. The summed E-state index contributed by atoms with van der Waals surface area (Å²) in [6.07, 6.45) is 2.11. The third kappa shape index (κ3) is 6.92. The van der Waals surface area contributed by atoms with Crippen LogP contribution in [0.15, 0.2) is 78.9 Å². The monoisotopic (exact) mass is 517 g/mol. The van der Waals surface area contributed by atoms with Crippen LogP contribution in [0.1, 0.15) is 30.1 Å². The molecule has 7 nitrogen and oxygen atoms in total. The summed E-state index contributed by atoms with van der Waals surface area (Å²) in [7, 11) is 3.30. The summed E-state index contributed by atoms with van der Waals surface area (Å²) < 4.78 is 16.7. The van der Waals surface area contributed by atoms with Crippen LogP contribution in [0.5, 0.6) is 11.5 Å². The predicted molar refractivity (Wildman–Crippen MR) is 148 cm³/mol. The molecule has 1 N–H and O–H groups in total. The summed E-state index contributed by atoms with van der Waals surface area (Å²) in [4.78, 5) is 23.7. The maximum atomic E-state index is 12.5. The second kappa shape index (κ2) is 12.6. The van der Waals surface area contributed by atoms with Gasteiger partial charge in [-0.1, -0.05) is 48.5 Å². The lowest BCUT2D eigenvalue weighted by Crippen LogP contribution is -2.65. The van der Waals surface area contributed by atoms with Gasteiger partial charge in [-0.3, -0.25) is 9.59 Å². The van der Waals surface area contributed by atoms with Gasteiger partial charge < -0.3 is 24.0 Å². The van der Waals surface area contributed by atoms with Gasteiger partial charge in [0.15, 0.2) is 6.10 Å². The third-order valence-electron chi connectivity index (χ3n) is 7.39. The van der Waals surface area contributed by atoms with Crippen molar-refractivity contribution < 1.29 is 28.3 Å². The molecular formula is C31H37N2O5+. The van der Waals surface area contributed by atoms with Crippen molar-refractivity contribution in [1.82, 2.24) is 0 Å². The van der Waals surface area contributed by atoms with Gasteiger partial charge in [0.25, 0.3) is 0 Å². The molecule has 1 atom stereocenters. The largest absolute Gasteiger partial charge is 0.497 e. The zero-order chi connectivity index (χ0) is 27.0. The number of anilines is 2. The molecule has 0 saturated carbocycles. The van der Waals surface area contributed by atoms with E-state index in [1.165, 1.54) is 6.92 Å². The van der Waals surface area contributed by atoms with Crippen LogP contribution in [0.2, 0.25) is 0 Å². The van der Waals surface area contributed by atoms with Crippen molar-refractivity contribution in [3.63, 3.8) is 0 Å². The molecule has 3 aromatic rings. The number of benzene rings is 3. The Kier molecular flexibility index (Phi) is 9.02. The number of ether oxygens (including phenoxy) is 3. The number of carbonyl (C=O) groups is 2. The predicted octanol–water partition coefficient (Wildman–Crippen LogP) is 5.49. The fourth-order valence-corrected chi connectivity index (χ4v) is 5.40. The minimum Gasteiger partial charge on any atom is -0.497 e. The van der Waals surface area contributed by atoms with Gasteiger partial charge in [0.1, 0.15) is 24.6 Å². The van der Waals surface area contributed by atoms with E-state index >= 15 is 0 Å². The van der Waals surface area contributed by atoms with Crippen molar-refractivity contribution in [2.24, 2.45) is 5.92 Å². The molecule has 0 spiro atoms. The van der Waals surface area contributed by atoms with Crippen LogP contribution < -0.4 is 14.8 Å². The van der Waals surface area contributed by atoms with Crippen LogP contribution in [-0.2, 0) is 9.53 Å². The number of hydrogen-bond donors (Lipinski definition) is 1. The molecule has 3 aliphatic heterocycles. The fraction of sp³-hybridized carbons (Fsp3) is 0.355. The third-order valence-corrected chi connectivity index (χ3v) is 7.39. The smallest absolute Gasteiger partial charge is 0.303 e. The first-order valence-electron chi connectivity index (χ1n) is 13.1. The molecule has 0 aliphatic carbocycles. The van der Waals surface area contributed by atoms with Crippen LogP contribution >= 0.6 is 0 Å². The topological polar surface area (TPSA) is 73.9 Å². The molecule has 3 aromatic carbocycles. The minimum absolute atomic E-state index is 0.00595. The summed E-state index contributed by atoms with van der Waals surface area (Å²) in [5.74, 6) is 2.05. The fourth-order valence-electron chi connectivity index (χ4n) is 5.40. The number of methoxy groups -OCH3 is 2. The van der Waals surface area contributed by atoms with Crippen LogP contribution in [0.4, 0.5) is 11.4 Å². The number of esters is 1. The molecule has 2 bridgehead atoms. The lowest BCUT2D eigenvalue weighted by atomic mass is 9.83. The zero-order valence-corrected chi connectivity index (χ0v) is 22.4. The van der Waals surface area contributed by atoms with E-state index in [4.69, 9.17) is 14.2 Å². The normalized spacial score (nSPS) is 21.4. The second-order valence-electron chi connectivity index (χ2n) is 9.96. The Hall–Kier alpha value is -3.84. The summed E-state index contributed by atoms with van der Waals surface area (Å²) in [6.45, 7) is 4.84. The van der Waals surface area contributed by atoms with Gasteiger partial charge >= 0.3 is 5.97 Å². The van der Waals surface area contributed by atoms with E-state index in [2.05, 4.69) is 5.32 Å². The van der Waals surface area contributed by atoms with Crippen LogP contribution in [0.25, 0.3) is 0 Å². The summed E-state index contributed by atoms with van der Waals surface area (Å²) >= 11 is 0. The average Bonchev–Trinajstić information content (AvgIpc) is 2.94. The highest BCUT2D eigenvalue weighted by Crippen LogP contribution is 2.36. The number of hydrogen-bond acceptors (Lipinski definition) is 6. The van der Waals surface area contributed by atoms with Gasteiger partial charge in [-0.25, -0.2) is 0 Å². The van der Waals surface area contributed by atoms with E-state index in [1.807, 2.05) is 78.9 Å². The van der Waals surface area contributed by atoms with Gasteiger partial charge in [0, 0.05) is 43.0 Å². The number of piperidine rings is 3. The van der Waals surface area contributed by atoms with E-state index in [-0.39, 0.29) is 17.9 Å². The van der Waals surface area contributed by atoms with Crippen molar-refractivity contribution in [3.05, 3.63) is 84.4 Å². The van der Waals surface area contributed by atoms with E-state index in [0.717, 1.165) is 65.4 Å². The Bertz CT molecular complexity index is 1210. The molecule has 0 amide bonds. The number of quaternary nitrogens is 1. The first-order valence-corrected chi connectivity index (χ1v) is 13.1. The van der Waals surface area contributed by atoms with E-state index in [0.29, 0.717) is 12.5 Å². The van der Waals surface area contributed by atoms with E-state index in [1.54, 1.807) is 14.2 Å². The maximum absolute atomic E-state index is 12.5. The molecule has 200 valence electrons. The number of nitrogens with zero attached hydrogens (tertiary/aromatic N) is 1. The Morgan fingerprint density at radius 3 is 2.16 bits per heavy atom. The highest BCUT2D eigenvalue weighted by atomic mass is 16.5. The number of para-hydroxylation sites is 1. The molecule has 1 unspecified atom stereocenters. The van der Waals surface area contributed by atoms with Gasteiger partial charge in [-0.2, -0.15) is 0 Å². The zero-order valence-electron chi connectivity index (χ0n) is 22.4. The molecule has 7 heteroatoms. The van der Waals surface area contributed by atoms with Gasteiger partial charge in [0.2, 0.25) is 5.78 Å². The summed E-state index contributed by atoms with van der Waals surface area (Å²) in [5.41, 5.74) is 2.68. The molecule has 6 rings (SSSR count). The number of Topliss-reactive ketones (excluding diaryl/α,β-unsaturated/α-hetero) is 1. The lowest BCUT2D eigenvalue weighted by Gasteiger charge is -2.51. The molecule has 0 radical (unpaired) electrons. The molecule has 3 fully saturated rings. The van der Waals surface area contributed by atoms with Crippen molar-refractivity contribution in [2.75, 3.05) is 45.7 Å². The Morgan fingerprint density at radius 2 is 1.55 bits per heavy atom. The number of fused-ring (bicyclic) bond motifs is 3. The highest BCUT2D eigenvalue weighted by molar-refractivity contribution is 5.97. The summed E-state index contributed by atoms with van der Waals surface area (Å²) in [6, 6.07) is 25.1. The Balaban J connectivity index is 0.000000181. The molecule has 3 aliphatic rings. The first-order chi connectivity index (χ1) is 18.4. The van der Waals surface area contributed by atoms with Crippen LogP contribution in [0, 0.1) is 5.92 Å². The Morgan fingerprint density at radius 1 is 0.895 bits per heavy atom. The highest BCUT2D eigenvalue weighted by Gasteiger charge is 2.48. The number of nitrogens with one attached hydrogen (secondary N) is 1. The number of carbonyl (C=O) groups excluding carboxylic acids is 2. The Labute approximate surface area is 224 Å². The summed E-state index contributed by atoms with van der Waals surface area (Å²) in [5, 5.41) is 3.29. The maximum Gasteiger partial charge on any atom is 0.303 e. The number of ketones is 1. The minimum atomic E-state index is -0.207. The molecular weight excluding hydrogens is 480 g/mol. The standard InChI is InChI=1S/C17H22NO3.C14H15NO2/c1-13(19)21-17-12-18(9-7-15(17)8-10-18)11-16(20)14-5-3-2-4-6-14;1-16-12-8-9-14(17-2)13(10-12)15-11-6-4-3-5-7-11/h2-6,15,17H,7-12H2,1H3;3-10,15H,1-2H3/q+1;. The molecule has 0 aromatic heterocycles. The van der Waals surface area contributed by atoms with E-state index in [9.17, 15) is 9.59 Å². The van der Waals surface area contributed by atoms with Crippen LogP contribution in [-0.4, -0.2) is 62.7 Å². The second-order valence-corrected chi connectivity index (χ2v) is 9.96.